The van der Waals surface area contributed by atoms with Gasteiger partial charge in [-0.05, 0) is 49.4 Å². The summed E-state index contributed by atoms with van der Waals surface area (Å²) in [6, 6.07) is 0.492. The summed E-state index contributed by atoms with van der Waals surface area (Å²) in [6.45, 7) is 4.72. The molecule has 1 nitrogen and oxygen atoms in total. The topological polar surface area (TPSA) is 26.0 Å². The van der Waals surface area contributed by atoms with Crippen molar-refractivity contribution in [1.82, 2.24) is 0 Å². The summed E-state index contributed by atoms with van der Waals surface area (Å²) in [4.78, 5) is 0. The second-order valence-corrected chi connectivity index (χ2v) is 5.97. The zero-order valence-corrected chi connectivity index (χ0v) is 10.4. The number of hydrogen-bond donors (Lipinski definition) is 1. The lowest BCUT2D eigenvalue weighted by atomic mass is 9.73. The first-order chi connectivity index (χ1) is 7.22. The molecule has 4 atom stereocenters. The number of rotatable bonds is 4. The van der Waals surface area contributed by atoms with E-state index in [9.17, 15) is 0 Å². The Kier molecular flexibility index (Phi) is 3.71. The molecule has 0 aromatic heterocycles. The maximum absolute atomic E-state index is 6.45. The molecule has 2 aliphatic carbocycles. The van der Waals surface area contributed by atoms with E-state index in [1.54, 1.807) is 0 Å². The molecule has 0 radical (unpaired) electrons. The first-order valence-electron chi connectivity index (χ1n) is 6.98. The molecule has 2 rings (SSSR count). The molecular weight excluding hydrogens is 182 g/mol. The summed E-state index contributed by atoms with van der Waals surface area (Å²) in [5, 5.41) is 0. The minimum absolute atomic E-state index is 0.492. The Labute approximate surface area is 94.8 Å². The van der Waals surface area contributed by atoms with Gasteiger partial charge < -0.3 is 5.73 Å². The lowest BCUT2D eigenvalue weighted by Crippen LogP contribution is -2.39. The predicted molar refractivity (Wildman–Crippen MR) is 65.6 cm³/mol. The van der Waals surface area contributed by atoms with Gasteiger partial charge in [0.15, 0.2) is 0 Å². The van der Waals surface area contributed by atoms with Gasteiger partial charge in [-0.25, -0.2) is 0 Å². The Morgan fingerprint density at radius 2 is 1.87 bits per heavy atom. The van der Waals surface area contributed by atoms with Gasteiger partial charge in [0, 0.05) is 6.04 Å². The van der Waals surface area contributed by atoms with E-state index in [-0.39, 0.29) is 0 Å². The summed E-state index contributed by atoms with van der Waals surface area (Å²) >= 11 is 0. The lowest BCUT2D eigenvalue weighted by Gasteiger charge is -2.35. The third kappa shape index (κ3) is 2.75. The smallest absolute Gasteiger partial charge is 0.00957 e. The van der Waals surface area contributed by atoms with Crippen molar-refractivity contribution >= 4 is 0 Å². The van der Waals surface area contributed by atoms with Crippen LogP contribution in [0.5, 0.6) is 0 Å². The zero-order chi connectivity index (χ0) is 10.8. The summed E-state index contributed by atoms with van der Waals surface area (Å²) in [5.74, 6) is 3.56. The molecule has 2 aliphatic rings. The van der Waals surface area contributed by atoms with E-state index in [0.717, 1.165) is 23.7 Å². The largest absolute Gasteiger partial charge is 0.327 e. The van der Waals surface area contributed by atoms with Crippen LogP contribution in [-0.2, 0) is 0 Å². The van der Waals surface area contributed by atoms with Gasteiger partial charge in [0.1, 0.15) is 0 Å². The molecule has 1 heteroatoms. The first-order valence-corrected chi connectivity index (χ1v) is 6.98. The van der Waals surface area contributed by atoms with Gasteiger partial charge in [-0.3, -0.25) is 0 Å². The summed E-state index contributed by atoms with van der Waals surface area (Å²) in [5.41, 5.74) is 6.45. The molecule has 0 heterocycles. The monoisotopic (exact) mass is 209 g/mol. The quantitative estimate of drug-likeness (QED) is 0.752. The van der Waals surface area contributed by atoms with Crippen LogP contribution in [0, 0.1) is 23.7 Å². The molecule has 0 bridgehead atoms. The fraction of sp³-hybridized carbons (Fsp3) is 1.00. The highest BCUT2D eigenvalue weighted by Gasteiger charge is 2.36. The molecule has 2 N–H and O–H groups in total. The molecule has 0 saturated heterocycles. The predicted octanol–water partition coefficient (Wildman–Crippen LogP) is 3.58. The van der Waals surface area contributed by atoms with E-state index >= 15 is 0 Å². The van der Waals surface area contributed by atoms with Crippen molar-refractivity contribution in [3.05, 3.63) is 0 Å². The van der Waals surface area contributed by atoms with Gasteiger partial charge in [-0.1, -0.05) is 33.1 Å². The maximum atomic E-state index is 6.45. The lowest BCUT2D eigenvalue weighted by molar-refractivity contribution is 0.190. The number of hydrogen-bond acceptors (Lipinski definition) is 1. The van der Waals surface area contributed by atoms with E-state index in [2.05, 4.69) is 13.8 Å². The van der Waals surface area contributed by atoms with E-state index < -0.39 is 0 Å². The summed E-state index contributed by atoms with van der Waals surface area (Å²) in [7, 11) is 0. The molecule has 4 unspecified atom stereocenters. The molecule has 0 aliphatic heterocycles. The Morgan fingerprint density at radius 3 is 2.47 bits per heavy atom. The number of nitrogens with two attached hydrogens (primary N) is 1. The summed E-state index contributed by atoms with van der Waals surface area (Å²) < 4.78 is 0. The average molecular weight is 209 g/mol. The van der Waals surface area contributed by atoms with Crippen LogP contribution in [0.25, 0.3) is 0 Å². The second-order valence-electron chi connectivity index (χ2n) is 5.97. The molecule has 2 saturated carbocycles. The standard InChI is InChI=1S/C14H27N/c1-3-11-5-4-6-13(9-11)14(15)10(2)12-7-8-12/h10-14H,3-9,15H2,1-2H3. The Bertz CT molecular complexity index is 198. The molecular formula is C14H27N. The highest BCUT2D eigenvalue weighted by atomic mass is 14.7. The fourth-order valence-electron chi connectivity index (χ4n) is 3.42. The first kappa shape index (κ1) is 11.4. The van der Waals surface area contributed by atoms with Gasteiger partial charge in [0.05, 0.1) is 0 Å². The van der Waals surface area contributed by atoms with Crippen LogP contribution in [0.15, 0.2) is 0 Å². The van der Waals surface area contributed by atoms with Crippen molar-refractivity contribution in [3.63, 3.8) is 0 Å². The molecule has 0 aromatic carbocycles. The summed E-state index contributed by atoms with van der Waals surface area (Å²) in [6.07, 6.45) is 9.94. The molecule has 0 aromatic rings. The van der Waals surface area contributed by atoms with Crippen molar-refractivity contribution in [2.24, 2.45) is 29.4 Å². The Morgan fingerprint density at radius 1 is 1.13 bits per heavy atom. The van der Waals surface area contributed by atoms with Crippen LogP contribution < -0.4 is 5.73 Å². The fourth-order valence-corrected chi connectivity index (χ4v) is 3.42. The van der Waals surface area contributed by atoms with Gasteiger partial charge in [0.25, 0.3) is 0 Å². The molecule has 2 fully saturated rings. The molecule has 15 heavy (non-hydrogen) atoms. The highest BCUT2D eigenvalue weighted by molar-refractivity contribution is 4.90. The van der Waals surface area contributed by atoms with Crippen molar-refractivity contribution in [2.45, 2.75) is 64.8 Å². The van der Waals surface area contributed by atoms with Crippen LogP contribution in [0.3, 0.4) is 0 Å². The van der Waals surface area contributed by atoms with Gasteiger partial charge >= 0.3 is 0 Å². The third-order valence-corrected chi connectivity index (χ3v) is 4.92. The van der Waals surface area contributed by atoms with Gasteiger partial charge in [0.2, 0.25) is 0 Å². The van der Waals surface area contributed by atoms with Crippen molar-refractivity contribution < 1.29 is 0 Å². The minimum Gasteiger partial charge on any atom is -0.327 e. The minimum atomic E-state index is 0.492. The molecule has 0 spiro atoms. The van der Waals surface area contributed by atoms with Crippen LogP contribution in [0.1, 0.15) is 58.8 Å². The van der Waals surface area contributed by atoms with Gasteiger partial charge in [-0.15, -0.1) is 0 Å². The maximum Gasteiger partial charge on any atom is 0.00957 e. The second kappa shape index (κ2) is 4.86. The molecule has 88 valence electrons. The normalized spacial score (nSPS) is 36.2. The van der Waals surface area contributed by atoms with E-state index in [4.69, 9.17) is 5.73 Å². The van der Waals surface area contributed by atoms with Crippen molar-refractivity contribution in [3.8, 4) is 0 Å². The Hall–Kier alpha value is -0.0400. The van der Waals surface area contributed by atoms with Crippen LogP contribution in [-0.4, -0.2) is 6.04 Å². The van der Waals surface area contributed by atoms with Gasteiger partial charge in [-0.2, -0.15) is 0 Å². The van der Waals surface area contributed by atoms with Crippen molar-refractivity contribution in [1.29, 1.82) is 0 Å². The molecule has 0 amide bonds. The van der Waals surface area contributed by atoms with Crippen LogP contribution in [0.4, 0.5) is 0 Å². The Balaban J connectivity index is 1.85. The van der Waals surface area contributed by atoms with E-state index in [1.807, 2.05) is 0 Å². The van der Waals surface area contributed by atoms with Crippen LogP contribution >= 0.6 is 0 Å². The van der Waals surface area contributed by atoms with Crippen LogP contribution in [0.2, 0.25) is 0 Å². The highest BCUT2D eigenvalue weighted by Crippen LogP contribution is 2.42. The zero-order valence-electron chi connectivity index (χ0n) is 10.4. The SMILES string of the molecule is CCC1CCCC(C(N)C(C)C2CC2)C1. The van der Waals surface area contributed by atoms with E-state index in [0.29, 0.717) is 6.04 Å². The average Bonchev–Trinajstić information content (AvgIpc) is 3.11. The third-order valence-electron chi connectivity index (χ3n) is 4.92. The van der Waals surface area contributed by atoms with Crippen molar-refractivity contribution in [2.75, 3.05) is 0 Å². The van der Waals surface area contributed by atoms with E-state index in [1.165, 1.54) is 44.9 Å².